The lowest BCUT2D eigenvalue weighted by molar-refractivity contribution is -0.192. The number of rotatable bonds is 1. The average Bonchev–Trinajstić information content (AvgIpc) is 2.15. The zero-order valence-corrected chi connectivity index (χ0v) is 7.93. The fourth-order valence-electron chi connectivity index (χ4n) is 1.95. The SMILES string of the molecule is CNC1CCC(C#N)C(C(F)(F)F)C1. The highest BCUT2D eigenvalue weighted by atomic mass is 19.4. The van der Waals surface area contributed by atoms with Crippen LogP contribution in [0.5, 0.6) is 0 Å². The molecule has 14 heavy (non-hydrogen) atoms. The van der Waals surface area contributed by atoms with Gasteiger partial charge in [-0.25, -0.2) is 0 Å². The van der Waals surface area contributed by atoms with E-state index in [0.29, 0.717) is 12.8 Å². The maximum atomic E-state index is 12.5. The Morgan fingerprint density at radius 1 is 1.36 bits per heavy atom. The van der Waals surface area contributed by atoms with Crippen LogP contribution >= 0.6 is 0 Å². The number of hydrogen-bond acceptors (Lipinski definition) is 2. The number of nitrogens with one attached hydrogen (secondary N) is 1. The lowest BCUT2D eigenvalue weighted by Gasteiger charge is -2.33. The summed E-state index contributed by atoms with van der Waals surface area (Å²) in [6, 6.07) is 1.65. The second-order valence-corrected chi connectivity index (χ2v) is 3.68. The van der Waals surface area contributed by atoms with Crippen molar-refractivity contribution in [3.05, 3.63) is 0 Å². The molecule has 80 valence electrons. The van der Waals surface area contributed by atoms with E-state index in [-0.39, 0.29) is 12.5 Å². The van der Waals surface area contributed by atoms with Crippen molar-refractivity contribution in [2.75, 3.05) is 7.05 Å². The lowest BCUT2D eigenvalue weighted by atomic mass is 9.77. The molecule has 0 aliphatic heterocycles. The highest BCUT2D eigenvalue weighted by Gasteiger charge is 2.47. The Morgan fingerprint density at radius 3 is 2.43 bits per heavy atom. The first-order valence-corrected chi connectivity index (χ1v) is 4.62. The van der Waals surface area contributed by atoms with Crippen LogP contribution in [0.2, 0.25) is 0 Å². The van der Waals surface area contributed by atoms with Gasteiger partial charge in [0, 0.05) is 6.04 Å². The Balaban J connectivity index is 2.72. The molecule has 1 aliphatic carbocycles. The molecule has 1 aliphatic rings. The Morgan fingerprint density at radius 2 is 2.00 bits per heavy atom. The Hall–Kier alpha value is -0.760. The van der Waals surface area contributed by atoms with Gasteiger partial charge in [0.15, 0.2) is 0 Å². The molecule has 1 fully saturated rings. The number of hydrogen-bond donors (Lipinski definition) is 1. The van der Waals surface area contributed by atoms with E-state index in [4.69, 9.17) is 5.26 Å². The predicted octanol–water partition coefficient (Wildman–Crippen LogP) is 2.08. The van der Waals surface area contributed by atoms with Crippen molar-refractivity contribution in [2.45, 2.75) is 31.5 Å². The van der Waals surface area contributed by atoms with E-state index in [1.165, 1.54) is 0 Å². The van der Waals surface area contributed by atoms with E-state index < -0.39 is 18.0 Å². The van der Waals surface area contributed by atoms with Crippen LogP contribution in [-0.4, -0.2) is 19.3 Å². The van der Waals surface area contributed by atoms with Crippen LogP contribution in [-0.2, 0) is 0 Å². The van der Waals surface area contributed by atoms with Crippen molar-refractivity contribution in [1.29, 1.82) is 5.26 Å². The molecule has 0 amide bonds. The summed E-state index contributed by atoms with van der Waals surface area (Å²) in [6.07, 6.45) is -3.22. The number of halogens is 3. The largest absolute Gasteiger partial charge is 0.393 e. The molecule has 0 bridgehead atoms. The zero-order valence-electron chi connectivity index (χ0n) is 7.93. The first-order valence-electron chi connectivity index (χ1n) is 4.62. The van der Waals surface area contributed by atoms with Crippen LogP contribution < -0.4 is 5.32 Å². The summed E-state index contributed by atoms with van der Waals surface area (Å²) in [7, 11) is 1.66. The van der Waals surface area contributed by atoms with Crippen molar-refractivity contribution in [1.82, 2.24) is 5.32 Å². The smallest absolute Gasteiger partial charge is 0.317 e. The number of nitrogens with zero attached hydrogens (tertiary/aromatic N) is 1. The van der Waals surface area contributed by atoms with Gasteiger partial charge in [-0.15, -0.1) is 0 Å². The molecular weight excluding hydrogens is 193 g/mol. The molecule has 0 spiro atoms. The first-order chi connectivity index (χ1) is 6.49. The summed E-state index contributed by atoms with van der Waals surface area (Å²) < 4.78 is 37.5. The summed E-state index contributed by atoms with van der Waals surface area (Å²) in [5.41, 5.74) is 0. The molecule has 1 rings (SSSR count). The fraction of sp³-hybridized carbons (Fsp3) is 0.889. The van der Waals surface area contributed by atoms with Gasteiger partial charge in [0.2, 0.25) is 0 Å². The minimum atomic E-state index is -4.24. The van der Waals surface area contributed by atoms with Crippen LogP contribution in [0.25, 0.3) is 0 Å². The summed E-state index contributed by atoms with van der Waals surface area (Å²) in [5.74, 6) is -2.32. The van der Waals surface area contributed by atoms with Crippen molar-refractivity contribution in [2.24, 2.45) is 11.8 Å². The molecule has 1 saturated carbocycles. The topological polar surface area (TPSA) is 35.8 Å². The molecule has 2 nitrogen and oxygen atoms in total. The average molecular weight is 206 g/mol. The summed E-state index contributed by atoms with van der Waals surface area (Å²) in [6.45, 7) is 0. The zero-order chi connectivity index (χ0) is 10.8. The normalized spacial score (nSPS) is 33.8. The summed E-state index contributed by atoms with van der Waals surface area (Å²) >= 11 is 0. The molecule has 5 heteroatoms. The van der Waals surface area contributed by atoms with E-state index >= 15 is 0 Å². The molecule has 0 heterocycles. The third kappa shape index (κ3) is 2.38. The molecule has 3 atom stereocenters. The van der Waals surface area contributed by atoms with Gasteiger partial charge in [-0.2, -0.15) is 18.4 Å². The highest BCUT2D eigenvalue weighted by Crippen LogP contribution is 2.41. The Labute approximate surface area is 81.1 Å². The number of nitriles is 1. The van der Waals surface area contributed by atoms with Crippen LogP contribution in [0.1, 0.15) is 19.3 Å². The van der Waals surface area contributed by atoms with Gasteiger partial charge in [0.05, 0.1) is 17.9 Å². The van der Waals surface area contributed by atoms with Crippen LogP contribution in [0.3, 0.4) is 0 Å². The van der Waals surface area contributed by atoms with Gasteiger partial charge < -0.3 is 5.32 Å². The van der Waals surface area contributed by atoms with Gasteiger partial charge in [-0.05, 0) is 26.3 Å². The molecule has 0 saturated heterocycles. The quantitative estimate of drug-likeness (QED) is 0.713. The monoisotopic (exact) mass is 206 g/mol. The summed E-state index contributed by atoms with van der Waals surface area (Å²) in [4.78, 5) is 0. The van der Waals surface area contributed by atoms with Crippen LogP contribution in [0.15, 0.2) is 0 Å². The summed E-state index contributed by atoms with van der Waals surface area (Å²) in [5, 5.41) is 11.5. The van der Waals surface area contributed by atoms with E-state index in [2.05, 4.69) is 5.32 Å². The second-order valence-electron chi connectivity index (χ2n) is 3.68. The van der Waals surface area contributed by atoms with Crippen LogP contribution in [0, 0.1) is 23.2 Å². The maximum Gasteiger partial charge on any atom is 0.393 e. The van der Waals surface area contributed by atoms with E-state index in [0.717, 1.165) is 0 Å². The fourth-order valence-corrected chi connectivity index (χ4v) is 1.95. The van der Waals surface area contributed by atoms with Gasteiger partial charge in [0.1, 0.15) is 0 Å². The van der Waals surface area contributed by atoms with Gasteiger partial charge >= 0.3 is 6.18 Å². The van der Waals surface area contributed by atoms with Gasteiger partial charge in [-0.3, -0.25) is 0 Å². The lowest BCUT2D eigenvalue weighted by Crippen LogP contribution is -2.41. The molecular formula is C9H13F3N2. The highest BCUT2D eigenvalue weighted by molar-refractivity contribution is 4.96. The van der Waals surface area contributed by atoms with Gasteiger partial charge in [-0.1, -0.05) is 0 Å². The molecule has 1 N–H and O–H groups in total. The molecule has 0 aromatic heterocycles. The van der Waals surface area contributed by atoms with Crippen LogP contribution in [0.4, 0.5) is 13.2 Å². The Bertz CT molecular complexity index is 231. The standard InChI is InChI=1S/C9H13F3N2/c1-14-7-3-2-6(5-13)8(4-7)9(10,11)12/h6-8,14H,2-4H2,1H3. The molecule has 0 aromatic rings. The van der Waals surface area contributed by atoms with E-state index in [1.54, 1.807) is 13.1 Å². The third-order valence-corrected chi connectivity index (χ3v) is 2.84. The molecule has 0 radical (unpaired) electrons. The van der Waals surface area contributed by atoms with Crippen molar-refractivity contribution >= 4 is 0 Å². The van der Waals surface area contributed by atoms with Gasteiger partial charge in [0.25, 0.3) is 0 Å². The van der Waals surface area contributed by atoms with Crippen molar-refractivity contribution < 1.29 is 13.2 Å². The molecule has 3 unspecified atom stereocenters. The maximum absolute atomic E-state index is 12.5. The minimum absolute atomic E-state index is 0.0260. The third-order valence-electron chi connectivity index (χ3n) is 2.84. The Kier molecular flexibility index (Phi) is 3.38. The number of alkyl halides is 3. The predicted molar refractivity (Wildman–Crippen MR) is 45.3 cm³/mol. The minimum Gasteiger partial charge on any atom is -0.317 e. The molecule has 0 aromatic carbocycles. The van der Waals surface area contributed by atoms with E-state index in [9.17, 15) is 13.2 Å². The van der Waals surface area contributed by atoms with Crippen molar-refractivity contribution in [3.8, 4) is 6.07 Å². The second kappa shape index (κ2) is 4.18. The van der Waals surface area contributed by atoms with E-state index in [1.807, 2.05) is 0 Å². The first kappa shape index (κ1) is 11.3. The van der Waals surface area contributed by atoms with Crippen molar-refractivity contribution in [3.63, 3.8) is 0 Å².